The molecule has 0 saturated carbocycles. The van der Waals surface area contributed by atoms with Gasteiger partial charge in [0.05, 0.1) is 0 Å². The molecule has 0 fully saturated rings. The SMILES string of the molecule is CC(C)CC(C)N(Cc1cc(C(C)(C)C)c(O)c(C(C)(C)C)c1)c1ccc(Cc2ccccc2)cc1. The molecule has 36 heavy (non-hydrogen) atoms. The quantitative estimate of drug-likeness (QED) is 0.344. The van der Waals surface area contributed by atoms with Crippen molar-refractivity contribution in [2.24, 2.45) is 5.92 Å². The van der Waals surface area contributed by atoms with Crippen LogP contribution in [-0.2, 0) is 23.8 Å². The van der Waals surface area contributed by atoms with Gasteiger partial charge in [0.25, 0.3) is 0 Å². The van der Waals surface area contributed by atoms with E-state index in [0.717, 1.165) is 30.5 Å². The number of hydrogen-bond acceptors (Lipinski definition) is 2. The molecular formula is C34H47NO. The van der Waals surface area contributed by atoms with Crippen molar-refractivity contribution < 1.29 is 5.11 Å². The first-order valence-electron chi connectivity index (χ1n) is 13.5. The molecule has 0 aliphatic carbocycles. The number of hydrogen-bond donors (Lipinski definition) is 1. The maximum Gasteiger partial charge on any atom is 0.123 e. The molecule has 0 aliphatic rings. The number of anilines is 1. The van der Waals surface area contributed by atoms with Gasteiger partial charge in [0.15, 0.2) is 0 Å². The Hall–Kier alpha value is -2.74. The third kappa shape index (κ3) is 7.15. The minimum atomic E-state index is -0.131. The van der Waals surface area contributed by atoms with Gasteiger partial charge >= 0.3 is 0 Å². The maximum absolute atomic E-state index is 11.2. The molecule has 3 aromatic rings. The number of aromatic hydroxyl groups is 1. The minimum absolute atomic E-state index is 0.131. The molecule has 3 rings (SSSR count). The van der Waals surface area contributed by atoms with Crippen LogP contribution in [0.2, 0.25) is 0 Å². The monoisotopic (exact) mass is 485 g/mol. The molecule has 0 radical (unpaired) electrons. The van der Waals surface area contributed by atoms with Crippen molar-refractivity contribution in [3.63, 3.8) is 0 Å². The lowest BCUT2D eigenvalue weighted by Gasteiger charge is -2.34. The standard InChI is InChI=1S/C34H47NO/c1-24(2)19-25(3)35(29-17-15-27(16-18-29)20-26-13-11-10-12-14-26)23-28-21-30(33(4,5)6)32(36)31(22-28)34(7,8)9/h10-18,21-22,24-25,36H,19-20,23H2,1-9H3. The first kappa shape index (κ1) is 27.8. The summed E-state index contributed by atoms with van der Waals surface area (Å²) in [6.45, 7) is 20.9. The molecular weight excluding hydrogens is 438 g/mol. The van der Waals surface area contributed by atoms with Crippen molar-refractivity contribution in [1.29, 1.82) is 0 Å². The Balaban J connectivity index is 1.99. The van der Waals surface area contributed by atoms with Crippen molar-refractivity contribution in [3.05, 3.63) is 94.5 Å². The van der Waals surface area contributed by atoms with Gasteiger partial charge in [-0.1, -0.05) is 97.9 Å². The molecule has 0 aliphatic heterocycles. The van der Waals surface area contributed by atoms with Gasteiger partial charge in [0.2, 0.25) is 0 Å². The number of nitrogens with zero attached hydrogens (tertiary/aromatic N) is 1. The number of phenols is 1. The molecule has 194 valence electrons. The second kappa shape index (κ2) is 11.1. The Morgan fingerprint density at radius 3 is 1.67 bits per heavy atom. The summed E-state index contributed by atoms with van der Waals surface area (Å²) < 4.78 is 0. The minimum Gasteiger partial charge on any atom is -0.507 e. The summed E-state index contributed by atoms with van der Waals surface area (Å²) >= 11 is 0. The summed E-state index contributed by atoms with van der Waals surface area (Å²) in [7, 11) is 0. The topological polar surface area (TPSA) is 23.5 Å². The summed E-state index contributed by atoms with van der Waals surface area (Å²) in [5, 5.41) is 11.2. The van der Waals surface area contributed by atoms with E-state index in [2.05, 4.69) is 134 Å². The number of rotatable bonds is 8. The van der Waals surface area contributed by atoms with Crippen LogP contribution in [0.4, 0.5) is 5.69 Å². The van der Waals surface area contributed by atoms with Crippen LogP contribution in [0.25, 0.3) is 0 Å². The van der Waals surface area contributed by atoms with Gasteiger partial charge in [-0.2, -0.15) is 0 Å². The summed E-state index contributed by atoms with van der Waals surface area (Å²) in [6.07, 6.45) is 2.08. The lowest BCUT2D eigenvalue weighted by molar-refractivity contribution is 0.422. The predicted molar refractivity (Wildman–Crippen MR) is 156 cm³/mol. The fourth-order valence-electron chi connectivity index (χ4n) is 5.07. The van der Waals surface area contributed by atoms with E-state index in [1.807, 2.05) is 0 Å². The third-order valence-electron chi connectivity index (χ3n) is 7.00. The fourth-order valence-corrected chi connectivity index (χ4v) is 5.07. The summed E-state index contributed by atoms with van der Waals surface area (Å²) in [4.78, 5) is 2.54. The average Bonchev–Trinajstić information content (AvgIpc) is 2.77. The van der Waals surface area contributed by atoms with E-state index in [1.165, 1.54) is 22.4 Å². The molecule has 2 heteroatoms. The molecule has 1 N–H and O–H groups in total. The average molecular weight is 486 g/mol. The zero-order valence-corrected chi connectivity index (χ0v) is 24.0. The van der Waals surface area contributed by atoms with E-state index >= 15 is 0 Å². The van der Waals surface area contributed by atoms with Crippen molar-refractivity contribution in [2.75, 3.05) is 4.90 Å². The van der Waals surface area contributed by atoms with Crippen molar-refractivity contribution >= 4 is 5.69 Å². The molecule has 0 amide bonds. The van der Waals surface area contributed by atoms with Gasteiger partial charge in [-0.15, -0.1) is 0 Å². The normalized spacial score (nSPS) is 13.2. The second-order valence-electron chi connectivity index (χ2n) is 13.0. The smallest absolute Gasteiger partial charge is 0.123 e. The van der Waals surface area contributed by atoms with Crippen LogP contribution < -0.4 is 4.90 Å². The van der Waals surface area contributed by atoms with Crippen molar-refractivity contribution in [1.82, 2.24) is 0 Å². The highest BCUT2D eigenvalue weighted by Gasteiger charge is 2.27. The summed E-state index contributed by atoms with van der Waals surface area (Å²) in [6, 6.07) is 24.6. The van der Waals surface area contributed by atoms with Crippen LogP contribution in [0.5, 0.6) is 5.75 Å². The van der Waals surface area contributed by atoms with Gasteiger partial charge in [-0.05, 0) is 88.6 Å². The molecule has 2 nitrogen and oxygen atoms in total. The second-order valence-corrected chi connectivity index (χ2v) is 13.0. The van der Waals surface area contributed by atoms with Crippen LogP contribution in [0.15, 0.2) is 66.7 Å². The van der Waals surface area contributed by atoms with Gasteiger partial charge < -0.3 is 10.0 Å². The van der Waals surface area contributed by atoms with Gasteiger partial charge in [0.1, 0.15) is 5.75 Å². The number of benzene rings is 3. The Morgan fingerprint density at radius 1 is 0.694 bits per heavy atom. The molecule has 0 saturated heterocycles. The van der Waals surface area contributed by atoms with Gasteiger partial charge in [-0.25, -0.2) is 0 Å². The van der Waals surface area contributed by atoms with E-state index in [4.69, 9.17) is 0 Å². The first-order chi connectivity index (χ1) is 16.8. The van der Waals surface area contributed by atoms with Crippen molar-refractivity contribution in [2.45, 2.75) is 98.6 Å². The Kier molecular flexibility index (Phi) is 8.59. The zero-order chi connectivity index (χ0) is 26.7. The molecule has 0 spiro atoms. The predicted octanol–water partition coefficient (Wildman–Crippen LogP) is 9.02. The van der Waals surface area contributed by atoms with E-state index in [1.54, 1.807) is 0 Å². The lowest BCUT2D eigenvalue weighted by atomic mass is 9.78. The van der Waals surface area contributed by atoms with Crippen LogP contribution in [0.1, 0.15) is 96.6 Å². The third-order valence-corrected chi connectivity index (χ3v) is 7.00. The highest BCUT2D eigenvalue weighted by molar-refractivity contribution is 5.53. The highest BCUT2D eigenvalue weighted by Crippen LogP contribution is 2.40. The fraction of sp³-hybridized carbons (Fsp3) is 0.471. The molecule has 1 unspecified atom stereocenters. The molecule has 1 atom stereocenters. The molecule has 0 heterocycles. The van der Waals surface area contributed by atoms with E-state index in [-0.39, 0.29) is 10.8 Å². The largest absolute Gasteiger partial charge is 0.507 e. The molecule has 0 bridgehead atoms. The lowest BCUT2D eigenvalue weighted by Crippen LogP contribution is -2.34. The molecule has 3 aromatic carbocycles. The number of phenolic OH excluding ortho intramolecular Hbond substituents is 1. The van der Waals surface area contributed by atoms with E-state index in [0.29, 0.717) is 17.7 Å². The van der Waals surface area contributed by atoms with E-state index < -0.39 is 0 Å². The summed E-state index contributed by atoms with van der Waals surface area (Å²) in [5.74, 6) is 1.07. The van der Waals surface area contributed by atoms with Gasteiger partial charge in [0, 0.05) is 18.3 Å². The Bertz CT molecular complexity index is 1080. The molecule has 0 aromatic heterocycles. The van der Waals surface area contributed by atoms with Crippen LogP contribution in [0, 0.1) is 5.92 Å². The summed E-state index contributed by atoms with van der Waals surface area (Å²) in [5.41, 5.74) is 6.97. The Labute approximate surface area is 220 Å². The van der Waals surface area contributed by atoms with Gasteiger partial charge in [-0.3, -0.25) is 0 Å². The van der Waals surface area contributed by atoms with Crippen LogP contribution in [0.3, 0.4) is 0 Å². The highest BCUT2D eigenvalue weighted by atomic mass is 16.3. The van der Waals surface area contributed by atoms with Crippen LogP contribution >= 0.6 is 0 Å². The Morgan fingerprint density at radius 2 is 1.19 bits per heavy atom. The zero-order valence-electron chi connectivity index (χ0n) is 24.0. The van der Waals surface area contributed by atoms with Crippen LogP contribution in [-0.4, -0.2) is 11.1 Å². The first-order valence-corrected chi connectivity index (χ1v) is 13.5. The maximum atomic E-state index is 11.2. The van der Waals surface area contributed by atoms with Crippen molar-refractivity contribution in [3.8, 4) is 5.75 Å². The van der Waals surface area contributed by atoms with E-state index in [9.17, 15) is 5.11 Å².